The minimum atomic E-state index is -0.379. The third kappa shape index (κ3) is 6.29. The zero-order chi connectivity index (χ0) is 14.3. The number of amides is 2. The van der Waals surface area contributed by atoms with Crippen LogP contribution in [0.1, 0.15) is 26.7 Å². The van der Waals surface area contributed by atoms with Crippen molar-refractivity contribution < 1.29 is 9.59 Å². The molecular formula is C14H20N2O2S. The second-order valence-electron chi connectivity index (χ2n) is 4.59. The molecular weight excluding hydrogens is 260 g/mol. The van der Waals surface area contributed by atoms with Crippen molar-refractivity contribution in [1.29, 1.82) is 0 Å². The number of carbonyl (C=O) groups is 2. The van der Waals surface area contributed by atoms with E-state index in [0.29, 0.717) is 6.42 Å². The molecule has 1 aromatic rings. The number of rotatable bonds is 7. The maximum atomic E-state index is 12.1. The summed E-state index contributed by atoms with van der Waals surface area (Å²) in [5.41, 5.74) is 5.16. The Bertz CT molecular complexity index is 421. The lowest BCUT2D eigenvalue weighted by atomic mass is 10.2. The van der Waals surface area contributed by atoms with Crippen LogP contribution in [0.3, 0.4) is 0 Å². The van der Waals surface area contributed by atoms with Crippen LogP contribution < -0.4 is 11.1 Å². The third-order valence-electron chi connectivity index (χ3n) is 2.40. The zero-order valence-electron chi connectivity index (χ0n) is 11.3. The van der Waals surface area contributed by atoms with Crippen LogP contribution in [-0.2, 0) is 9.59 Å². The van der Waals surface area contributed by atoms with Crippen LogP contribution in [0.2, 0.25) is 0 Å². The molecule has 104 valence electrons. The Morgan fingerprint density at radius 3 is 2.42 bits per heavy atom. The molecule has 0 fully saturated rings. The molecule has 0 heterocycles. The van der Waals surface area contributed by atoms with E-state index < -0.39 is 0 Å². The van der Waals surface area contributed by atoms with Crippen molar-refractivity contribution in [3.8, 4) is 0 Å². The smallest absolute Gasteiger partial charge is 0.233 e. The number of hydrogen-bond acceptors (Lipinski definition) is 3. The van der Waals surface area contributed by atoms with Crippen LogP contribution in [0.25, 0.3) is 0 Å². The molecule has 0 aliphatic carbocycles. The highest BCUT2D eigenvalue weighted by Gasteiger charge is 2.20. The quantitative estimate of drug-likeness (QED) is 0.750. The molecule has 0 aliphatic heterocycles. The van der Waals surface area contributed by atoms with Crippen LogP contribution in [0.5, 0.6) is 0 Å². The molecule has 1 rings (SSSR count). The molecule has 0 spiro atoms. The summed E-state index contributed by atoms with van der Waals surface area (Å²) in [6.07, 6.45) is 0.670. The van der Waals surface area contributed by atoms with Crippen LogP contribution in [0, 0.1) is 0 Å². The summed E-state index contributed by atoms with van der Waals surface area (Å²) in [6, 6.07) is 9.76. The number of hydrogen-bond donors (Lipinski definition) is 2. The fraction of sp³-hybridized carbons (Fsp3) is 0.429. The van der Waals surface area contributed by atoms with Crippen molar-refractivity contribution in [3.05, 3.63) is 30.3 Å². The maximum absolute atomic E-state index is 12.1. The van der Waals surface area contributed by atoms with Gasteiger partial charge in [0.2, 0.25) is 11.8 Å². The first kappa shape index (κ1) is 15.6. The minimum Gasteiger partial charge on any atom is -0.370 e. The van der Waals surface area contributed by atoms with Gasteiger partial charge in [-0.1, -0.05) is 18.2 Å². The average Bonchev–Trinajstić information content (AvgIpc) is 2.34. The number of nitrogens with two attached hydrogens (primary N) is 1. The van der Waals surface area contributed by atoms with Crippen molar-refractivity contribution in [2.45, 2.75) is 42.9 Å². The summed E-state index contributed by atoms with van der Waals surface area (Å²) in [7, 11) is 0. The van der Waals surface area contributed by atoms with E-state index in [1.54, 1.807) is 0 Å². The Morgan fingerprint density at radius 2 is 1.89 bits per heavy atom. The molecule has 4 nitrogen and oxygen atoms in total. The van der Waals surface area contributed by atoms with Crippen molar-refractivity contribution in [3.63, 3.8) is 0 Å². The van der Waals surface area contributed by atoms with Crippen LogP contribution in [0.4, 0.5) is 0 Å². The second kappa shape index (κ2) is 7.84. The van der Waals surface area contributed by atoms with E-state index in [9.17, 15) is 9.59 Å². The lowest BCUT2D eigenvalue weighted by Crippen LogP contribution is -2.37. The summed E-state index contributed by atoms with van der Waals surface area (Å²) >= 11 is 1.46. The fourth-order valence-electron chi connectivity index (χ4n) is 1.56. The van der Waals surface area contributed by atoms with Gasteiger partial charge < -0.3 is 11.1 Å². The van der Waals surface area contributed by atoms with Gasteiger partial charge >= 0.3 is 0 Å². The number of thioether (sulfide) groups is 1. The van der Waals surface area contributed by atoms with Gasteiger partial charge in [-0.2, -0.15) is 0 Å². The molecule has 0 saturated carbocycles. The monoisotopic (exact) mass is 280 g/mol. The molecule has 5 heteroatoms. The van der Waals surface area contributed by atoms with E-state index in [1.807, 2.05) is 44.2 Å². The molecule has 19 heavy (non-hydrogen) atoms. The van der Waals surface area contributed by atoms with E-state index >= 15 is 0 Å². The normalized spacial score (nSPS) is 12.2. The van der Waals surface area contributed by atoms with Gasteiger partial charge in [-0.15, -0.1) is 11.8 Å². The van der Waals surface area contributed by atoms with Gasteiger partial charge in [0.05, 0.1) is 5.25 Å². The number of carbonyl (C=O) groups excluding carboxylic acids is 2. The van der Waals surface area contributed by atoms with Crippen LogP contribution in [-0.4, -0.2) is 23.1 Å². The first-order valence-corrected chi connectivity index (χ1v) is 7.17. The lowest BCUT2D eigenvalue weighted by molar-refractivity contribution is -0.121. The number of primary amides is 1. The van der Waals surface area contributed by atoms with Gasteiger partial charge in [0.25, 0.3) is 0 Å². The first-order valence-electron chi connectivity index (χ1n) is 6.29. The van der Waals surface area contributed by atoms with Gasteiger partial charge in [0.15, 0.2) is 0 Å². The standard InChI is InChI=1S/C14H20N2O2S/c1-10(2)16-14(18)12(8-9-13(15)17)19-11-6-4-3-5-7-11/h3-7,10,12H,8-9H2,1-2H3,(H2,15,17)(H,16,18). The Hall–Kier alpha value is -1.49. The summed E-state index contributed by atoms with van der Waals surface area (Å²) in [4.78, 5) is 24.0. The van der Waals surface area contributed by atoms with Crippen molar-refractivity contribution in [1.82, 2.24) is 5.32 Å². The molecule has 0 aromatic heterocycles. The van der Waals surface area contributed by atoms with Gasteiger partial charge in [0, 0.05) is 17.4 Å². The summed E-state index contributed by atoms with van der Waals surface area (Å²) in [5, 5.41) is 2.58. The first-order chi connectivity index (χ1) is 8.99. The van der Waals surface area contributed by atoms with Crippen LogP contribution in [0.15, 0.2) is 35.2 Å². The maximum Gasteiger partial charge on any atom is 0.233 e. The predicted octanol–water partition coefficient (Wildman–Crippen LogP) is 1.94. The highest BCUT2D eigenvalue weighted by Crippen LogP contribution is 2.26. The largest absolute Gasteiger partial charge is 0.370 e. The number of nitrogens with one attached hydrogen (secondary N) is 1. The average molecular weight is 280 g/mol. The zero-order valence-corrected chi connectivity index (χ0v) is 12.1. The molecule has 1 atom stereocenters. The van der Waals surface area contributed by atoms with Crippen molar-refractivity contribution in [2.75, 3.05) is 0 Å². The minimum absolute atomic E-state index is 0.0508. The Labute approximate surface area is 118 Å². The Morgan fingerprint density at radius 1 is 1.26 bits per heavy atom. The molecule has 0 saturated heterocycles. The van der Waals surface area contributed by atoms with Gasteiger partial charge in [0.1, 0.15) is 0 Å². The van der Waals surface area contributed by atoms with Gasteiger partial charge in [-0.05, 0) is 32.4 Å². The number of benzene rings is 1. The molecule has 1 unspecified atom stereocenters. The van der Waals surface area contributed by atoms with E-state index in [1.165, 1.54) is 11.8 Å². The third-order valence-corrected chi connectivity index (χ3v) is 3.68. The molecule has 3 N–H and O–H groups in total. The molecule has 0 radical (unpaired) electrons. The Balaban J connectivity index is 2.68. The van der Waals surface area contributed by atoms with Gasteiger partial charge in [-0.25, -0.2) is 0 Å². The highest BCUT2D eigenvalue weighted by atomic mass is 32.2. The van der Waals surface area contributed by atoms with Gasteiger partial charge in [-0.3, -0.25) is 9.59 Å². The predicted molar refractivity (Wildman–Crippen MR) is 77.8 cm³/mol. The fourth-order valence-corrected chi connectivity index (χ4v) is 2.61. The van der Waals surface area contributed by atoms with Crippen molar-refractivity contribution >= 4 is 23.6 Å². The summed E-state index contributed by atoms with van der Waals surface area (Å²) < 4.78 is 0. The molecule has 0 bridgehead atoms. The molecule has 2 amide bonds. The highest BCUT2D eigenvalue weighted by molar-refractivity contribution is 8.00. The van der Waals surface area contributed by atoms with E-state index in [2.05, 4.69) is 5.32 Å². The van der Waals surface area contributed by atoms with Crippen molar-refractivity contribution in [2.24, 2.45) is 5.73 Å². The molecule has 0 aliphatic rings. The van der Waals surface area contributed by atoms with Crippen LogP contribution >= 0.6 is 11.8 Å². The topological polar surface area (TPSA) is 72.2 Å². The van der Waals surface area contributed by atoms with E-state index in [4.69, 9.17) is 5.73 Å². The summed E-state index contributed by atoms with van der Waals surface area (Å²) in [6.45, 7) is 3.83. The van der Waals surface area contributed by atoms with E-state index in [-0.39, 0.29) is 29.5 Å². The SMILES string of the molecule is CC(C)NC(=O)C(CCC(N)=O)Sc1ccccc1. The molecule has 1 aromatic carbocycles. The lowest BCUT2D eigenvalue weighted by Gasteiger charge is -2.17. The van der Waals surface area contributed by atoms with E-state index in [0.717, 1.165) is 4.90 Å². The summed E-state index contributed by atoms with van der Waals surface area (Å²) in [5.74, 6) is -0.430. The Kier molecular flexibility index (Phi) is 6.42. The second-order valence-corrected chi connectivity index (χ2v) is 5.86.